The van der Waals surface area contributed by atoms with Crippen molar-refractivity contribution in [3.8, 4) is 5.75 Å². The third kappa shape index (κ3) is 4.06. The van der Waals surface area contributed by atoms with Gasteiger partial charge in [-0.1, -0.05) is 12.1 Å². The fourth-order valence-corrected chi connectivity index (χ4v) is 1.80. The molecule has 6 nitrogen and oxygen atoms in total. The minimum Gasteiger partial charge on any atom is -0.497 e. The number of aromatic nitrogens is 1. The van der Waals surface area contributed by atoms with Crippen molar-refractivity contribution >= 4 is 5.91 Å². The molecule has 1 atom stereocenters. The predicted octanol–water partition coefficient (Wildman–Crippen LogP) is 1.68. The minimum absolute atomic E-state index is 0.247. The minimum atomic E-state index is -0.328. The molecule has 0 saturated heterocycles. The van der Waals surface area contributed by atoms with Gasteiger partial charge >= 0.3 is 0 Å². The number of oxazole rings is 1. The molecule has 0 aliphatic carbocycles. The molecule has 0 aliphatic rings. The number of nitrogens with two attached hydrogens (primary N) is 1. The van der Waals surface area contributed by atoms with Crippen molar-refractivity contribution in [2.45, 2.75) is 19.4 Å². The smallest absolute Gasteiger partial charge is 0.273 e. The van der Waals surface area contributed by atoms with E-state index < -0.39 is 0 Å². The highest BCUT2D eigenvalue weighted by atomic mass is 16.5. The Bertz CT molecular complexity index is 590. The van der Waals surface area contributed by atoms with Crippen LogP contribution in [0.25, 0.3) is 0 Å². The van der Waals surface area contributed by atoms with Gasteiger partial charge in [0.1, 0.15) is 12.0 Å². The summed E-state index contributed by atoms with van der Waals surface area (Å²) in [6.07, 6.45) is 2.05. The van der Waals surface area contributed by atoms with Gasteiger partial charge in [-0.3, -0.25) is 4.79 Å². The van der Waals surface area contributed by atoms with Crippen LogP contribution in [0.1, 0.15) is 34.9 Å². The summed E-state index contributed by atoms with van der Waals surface area (Å²) in [5.41, 5.74) is 6.99. The summed E-state index contributed by atoms with van der Waals surface area (Å²) < 4.78 is 10.2. The van der Waals surface area contributed by atoms with E-state index in [-0.39, 0.29) is 17.6 Å². The van der Waals surface area contributed by atoms with Gasteiger partial charge in [-0.25, -0.2) is 4.98 Å². The third-order valence-corrected chi connectivity index (χ3v) is 3.00. The summed E-state index contributed by atoms with van der Waals surface area (Å²) in [4.78, 5) is 15.9. The van der Waals surface area contributed by atoms with E-state index in [2.05, 4.69) is 10.3 Å². The lowest BCUT2D eigenvalue weighted by atomic mass is 10.1. The third-order valence-electron chi connectivity index (χ3n) is 3.00. The highest BCUT2D eigenvalue weighted by Crippen LogP contribution is 2.11. The molecule has 112 valence electrons. The molecule has 1 aromatic heterocycles. The Morgan fingerprint density at radius 3 is 2.71 bits per heavy atom. The monoisotopic (exact) mass is 289 g/mol. The maximum atomic E-state index is 11.9. The van der Waals surface area contributed by atoms with Crippen LogP contribution >= 0.6 is 0 Å². The van der Waals surface area contributed by atoms with E-state index in [0.29, 0.717) is 12.4 Å². The van der Waals surface area contributed by atoms with Gasteiger partial charge in [0.2, 0.25) is 5.89 Å². The van der Waals surface area contributed by atoms with E-state index >= 15 is 0 Å². The van der Waals surface area contributed by atoms with Crippen LogP contribution in [0.15, 0.2) is 34.9 Å². The first-order chi connectivity index (χ1) is 10.1. The van der Waals surface area contributed by atoms with E-state index in [9.17, 15) is 4.79 Å². The van der Waals surface area contributed by atoms with Gasteiger partial charge in [-0.15, -0.1) is 0 Å². The first-order valence-electron chi connectivity index (χ1n) is 6.72. The second-order valence-corrected chi connectivity index (χ2v) is 4.71. The van der Waals surface area contributed by atoms with Crippen molar-refractivity contribution in [3.63, 3.8) is 0 Å². The van der Waals surface area contributed by atoms with Crippen molar-refractivity contribution in [3.05, 3.63) is 47.7 Å². The van der Waals surface area contributed by atoms with Crippen LogP contribution in [0, 0.1) is 0 Å². The Balaban J connectivity index is 1.83. The number of benzene rings is 1. The van der Waals surface area contributed by atoms with Gasteiger partial charge in [0.15, 0.2) is 5.69 Å². The first-order valence-corrected chi connectivity index (χ1v) is 6.72. The average Bonchev–Trinajstić information content (AvgIpc) is 2.98. The summed E-state index contributed by atoms with van der Waals surface area (Å²) in [6.45, 7) is 2.27. The van der Waals surface area contributed by atoms with Crippen LogP contribution in [-0.4, -0.2) is 24.5 Å². The molecule has 1 aromatic carbocycles. The summed E-state index contributed by atoms with van der Waals surface area (Å²) in [7, 11) is 1.63. The fourth-order valence-electron chi connectivity index (χ4n) is 1.80. The Hall–Kier alpha value is -2.34. The molecule has 21 heavy (non-hydrogen) atoms. The molecule has 0 fully saturated rings. The summed E-state index contributed by atoms with van der Waals surface area (Å²) in [5.74, 6) is 0.906. The fraction of sp³-hybridized carbons (Fsp3) is 0.333. The number of ether oxygens (including phenoxy) is 1. The Morgan fingerprint density at radius 2 is 2.14 bits per heavy atom. The number of nitrogens with one attached hydrogen (secondary N) is 1. The van der Waals surface area contributed by atoms with E-state index in [4.69, 9.17) is 14.9 Å². The maximum Gasteiger partial charge on any atom is 0.273 e. The van der Waals surface area contributed by atoms with E-state index in [1.165, 1.54) is 6.26 Å². The SMILES string of the molecule is COc1ccc(CCNC(=O)c2coc(C(C)N)n2)cc1. The van der Waals surface area contributed by atoms with Crippen molar-refractivity contribution in [2.75, 3.05) is 13.7 Å². The molecule has 1 unspecified atom stereocenters. The number of methoxy groups -OCH3 is 1. The molecule has 0 bridgehead atoms. The van der Waals surface area contributed by atoms with Gasteiger partial charge in [0.25, 0.3) is 5.91 Å². The maximum absolute atomic E-state index is 11.9. The zero-order valence-electron chi connectivity index (χ0n) is 12.1. The molecule has 2 rings (SSSR count). The topological polar surface area (TPSA) is 90.4 Å². The zero-order valence-corrected chi connectivity index (χ0v) is 12.1. The highest BCUT2D eigenvalue weighted by molar-refractivity contribution is 5.91. The van der Waals surface area contributed by atoms with E-state index in [0.717, 1.165) is 17.7 Å². The van der Waals surface area contributed by atoms with Crippen molar-refractivity contribution < 1.29 is 13.9 Å². The van der Waals surface area contributed by atoms with Crippen LogP contribution in [0.5, 0.6) is 5.75 Å². The lowest BCUT2D eigenvalue weighted by Gasteiger charge is -2.04. The van der Waals surface area contributed by atoms with Crippen molar-refractivity contribution in [2.24, 2.45) is 5.73 Å². The Kier molecular flexibility index (Phi) is 4.94. The molecule has 1 heterocycles. The standard InChI is InChI=1S/C15H19N3O3/c1-10(16)15-18-13(9-21-15)14(19)17-8-7-11-3-5-12(20-2)6-4-11/h3-6,9-10H,7-8,16H2,1-2H3,(H,17,19). The molecule has 2 aromatic rings. The van der Waals surface area contributed by atoms with Crippen molar-refractivity contribution in [1.29, 1.82) is 0 Å². The van der Waals surface area contributed by atoms with Crippen LogP contribution < -0.4 is 15.8 Å². The summed E-state index contributed by atoms with van der Waals surface area (Å²) in [6, 6.07) is 7.39. The number of nitrogens with zero attached hydrogens (tertiary/aromatic N) is 1. The number of rotatable bonds is 6. The van der Waals surface area contributed by atoms with Crippen LogP contribution in [0.3, 0.4) is 0 Å². The van der Waals surface area contributed by atoms with Gasteiger partial charge in [0, 0.05) is 6.54 Å². The summed E-state index contributed by atoms with van der Waals surface area (Å²) >= 11 is 0. The second kappa shape index (κ2) is 6.90. The molecule has 0 spiro atoms. The lowest BCUT2D eigenvalue weighted by Crippen LogP contribution is -2.26. The van der Waals surface area contributed by atoms with E-state index in [1.54, 1.807) is 14.0 Å². The van der Waals surface area contributed by atoms with Crippen LogP contribution in [-0.2, 0) is 6.42 Å². The zero-order chi connectivity index (χ0) is 15.2. The quantitative estimate of drug-likeness (QED) is 0.844. The largest absolute Gasteiger partial charge is 0.497 e. The first kappa shape index (κ1) is 15.1. The van der Waals surface area contributed by atoms with Gasteiger partial charge in [0.05, 0.1) is 13.2 Å². The number of hydrogen-bond donors (Lipinski definition) is 2. The second-order valence-electron chi connectivity index (χ2n) is 4.71. The predicted molar refractivity (Wildman–Crippen MR) is 78.1 cm³/mol. The Labute approximate surface area is 123 Å². The van der Waals surface area contributed by atoms with Crippen LogP contribution in [0.2, 0.25) is 0 Å². The summed E-state index contributed by atoms with van der Waals surface area (Å²) in [5, 5.41) is 2.79. The molecule has 3 N–H and O–H groups in total. The van der Waals surface area contributed by atoms with Gasteiger partial charge < -0.3 is 20.2 Å². The lowest BCUT2D eigenvalue weighted by molar-refractivity contribution is 0.0949. The Morgan fingerprint density at radius 1 is 1.43 bits per heavy atom. The molecular formula is C15H19N3O3. The molecule has 1 amide bonds. The van der Waals surface area contributed by atoms with Gasteiger partial charge in [-0.2, -0.15) is 0 Å². The normalized spacial score (nSPS) is 12.0. The van der Waals surface area contributed by atoms with Crippen molar-refractivity contribution in [1.82, 2.24) is 10.3 Å². The average molecular weight is 289 g/mol. The number of hydrogen-bond acceptors (Lipinski definition) is 5. The molecular weight excluding hydrogens is 270 g/mol. The van der Waals surface area contributed by atoms with E-state index in [1.807, 2.05) is 24.3 Å². The van der Waals surface area contributed by atoms with Crippen LogP contribution in [0.4, 0.5) is 0 Å². The molecule has 0 radical (unpaired) electrons. The highest BCUT2D eigenvalue weighted by Gasteiger charge is 2.13. The number of carbonyl (C=O) groups is 1. The van der Waals surface area contributed by atoms with Gasteiger partial charge in [-0.05, 0) is 31.0 Å². The molecule has 0 saturated carbocycles. The molecule has 0 aliphatic heterocycles. The molecule has 6 heteroatoms. The number of amides is 1. The number of carbonyl (C=O) groups excluding carboxylic acids is 1.